The number of hydrogen-bond donors (Lipinski definition) is 1. The molecular formula is C9H17NO4. The van der Waals surface area contributed by atoms with Gasteiger partial charge in [-0.15, -0.1) is 0 Å². The highest BCUT2D eigenvalue weighted by molar-refractivity contribution is 5.87. The Hall–Kier alpha value is -1.10. The van der Waals surface area contributed by atoms with E-state index >= 15 is 0 Å². The summed E-state index contributed by atoms with van der Waals surface area (Å²) in [4.78, 5) is 23.5. The summed E-state index contributed by atoms with van der Waals surface area (Å²) in [6, 6.07) is 0. The van der Waals surface area contributed by atoms with Crippen LogP contribution < -0.4 is 0 Å². The van der Waals surface area contributed by atoms with E-state index in [4.69, 9.17) is 0 Å². The van der Waals surface area contributed by atoms with E-state index in [0.29, 0.717) is 0 Å². The summed E-state index contributed by atoms with van der Waals surface area (Å²) in [5.41, 5.74) is -1.46. The number of hydrogen-bond acceptors (Lipinski definition) is 4. The van der Waals surface area contributed by atoms with Crippen LogP contribution in [0.2, 0.25) is 0 Å². The van der Waals surface area contributed by atoms with Gasteiger partial charge in [-0.3, -0.25) is 9.59 Å². The molecule has 1 amide bonds. The molecule has 5 nitrogen and oxygen atoms in total. The Morgan fingerprint density at radius 2 is 1.93 bits per heavy atom. The summed E-state index contributed by atoms with van der Waals surface area (Å²) in [5, 5.41) is 9.36. The van der Waals surface area contributed by atoms with Gasteiger partial charge in [-0.25, -0.2) is 0 Å². The third-order valence-corrected chi connectivity index (χ3v) is 1.54. The Morgan fingerprint density at radius 1 is 1.43 bits per heavy atom. The van der Waals surface area contributed by atoms with Crippen molar-refractivity contribution in [3.05, 3.63) is 0 Å². The highest BCUT2D eigenvalue weighted by Crippen LogP contribution is 2.05. The van der Waals surface area contributed by atoms with Gasteiger partial charge in [0.25, 0.3) is 5.91 Å². The van der Waals surface area contributed by atoms with Crippen LogP contribution in [0.1, 0.15) is 20.8 Å². The number of nitrogens with zero attached hydrogens (tertiary/aromatic N) is 1. The standard InChI is InChI=1S/C9H17NO4/c1-5-14-7(11)6-10(4)8(12)9(2,3)13/h13H,5-6H2,1-4H3. The van der Waals surface area contributed by atoms with E-state index in [1.54, 1.807) is 6.92 Å². The third kappa shape index (κ3) is 4.23. The van der Waals surface area contributed by atoms with Crippen molar-refractivity contribution < 1.29 is 19.4 Å². The number of carbonyl (C=O) groups excluding carboxylic acids is 2. The maximum atomic E-state index is 11.4. The van der Waals surface area contributed by atoms with Crippen molar-refractivity contribution in [2.24, 2.45) is 0 Å². The second-order valence-corrected chi connectivity index (χ2v) is 3.53. The molecule has 1 N–H and O–H groups in total. The molecule has 0 rings (SSSR count). The molecule has 0 radical (unpaired) electrons. The first-order valence-corrected chi connectivity index (χ1v) is 4.42. The topological polar surface area (TPSA) is 66.8 Å². The summed E-state index contributed by atoms with van der Waals surface area (Å²) in [5.74, 6) is -0.988. The predicted octanol–water partition coefficient (Wildman–Crippen LogP) is -0.221. The van der Waals surface area contributed by atoms with Crippen molar-refractivity contribution in [1.82, 2.24) is 4.90 Å². The zero-order valence-corrected chi connectivity index (χ0v) is 9.03. The molecule has 0 aliphatic rings. The minimum atomic E-state index is -1.46. The quantitative estimate of drug-likeness (QED) is 0.641. The summed E-state index contributed by atoms with van der Waals surface area (Å²) >= 11 is 0. The number of ether oxygens (including phenoxy) is 1. The van der Waals surface area contributed by atoms with Gasteiger partial charge in [0, 0.05) is 7.05 Å². The Balaban J connectivity index is 4.15. The molecule has 0 bridgehead atoms. The van der Waals surface area contributed by atoms with Crippen LogP contribution in [-0.4, -0.2) is 47.7 Å². The van der Waals surface area contributed by atoms with Gasteiger partial charge in [0.1, 0.15) is 12.1 Å². The molecule has 0 aromatic rings. The molecule has 0 aliphatic heterocycles. The summed E-state index contributed by atoms with van der Waals surface area (Å²) in [6.45, 7) is 4.57. The lowest BCUT2D eigenvalue weighted by Gasteiger charge is -2.23. The number of aliphatic hydroxyl groups is 1. The smallest absolute Gasteiger partial charge is 0.325 e. The number of amides is 1. The van der Waals surface area contributed by atoms with E-state index in [1.807, 2.05) is 0 Å². The molecule has 0 spiro atoms. The summed E-state index contributed by atoms with van der Waals surface area (Å²) in [7, 11) is 1.44. The Labute approximate surface area is 83.6 Å². The molecule has 0 fully saturated rings. The summed E-state index contributed by atoms with van der Waals surface area (Å²) < 4.78 is 4.66. The molecule has 0 aliphatic carbocycles. The maximum Gasteiger partial charge on any atom is 0.325 e. The second kappa shape index (κ2) is 4.95. The third-order valence-electron chi connectivity index (χ3n) is 1.54. The van der Waals surface area contributed by atoms with E-state index in [1.165, 1.54) is 20.9 Å². The molecule has 82 valence electrons. The van der Waals surface area contributed by atoms with Crippen LogP contribution in [0.15, 0.2) is 0 Å². The van der Waals surface area contributed by atoms with E-state index in [2.05, 4.69) is 4.74 Å². The molecule has 0 saturated carbocycles. The van der Waals surface area contributed by atoms with Gasteiger partial charge in [-0.1, -0.05) is 0 Å². The molecule has 0 unspecified atom stereocenters. The zero-order chi connectivity index (χ0) is 11.4. The first-order valence-electron chi connectivity index (χ1n) is 4.42. The van der Waals surface area contributed by atoms with Crippen LogP contribution in [0.25, 0.3) is 0 Å². The first-order chi connectivity index (χ1) is 6.29. The molecule has 0 aromatic carbocycles. The lowest BCUT2D eigenvalue weighted by Crippen LogP contribution is -2.45. The minimum absolute atomic E-state index is 0.142. The SMILES string of the molecule is CCOC(=O)CN(C)C(=O)C(C)(C)O. The molecule has 0 saturated heterocycles. The van der Waals surface area contributed by atoms with Gasteiger partial charge in [0.05, 0.1) is 6.61 Å². The van der Waals surface area contributed by atoms with E-state index in [0.717, 1.165) is 4.90 Å². The fraction of sp³-hybridized carbons (Fsp3) is 0.778. The van der Waals surface area contributed by atoms with Crippen molar-refractivity contribution in [3.63, 3.8) is 0 Å². The summed E-state index contributed by atoms with van der Waals surface area (Å²) in [6.07, 6.45) is 0. The van der Waals surface area contributed by atoms with Crippen molar-refractivity contribution >= 4 is 11.9 Å². The number of likely N-dealkylation sites (N-methyl/N-ethyl adjacent to an activating group) is 1. The second-order valence-electron chi connectivity index (χ2n) is 3.53. The van der Waals surface area contributed by atoms with Crippen LogP contribution in [0.3, 0.4) is 0 Å². The van der Waals surface area contributed by atoms with Crippen molar-refractivity contribution in [3.8, 4) is 0 Å². The fourth-order valence-corrected chi connectivity index (χ4v) is 0.939. The zero-order valence-electron chi connectivity index (χ0n) is 9.03. The van der Waals surface area contributed by atoms with E-state index < -0.39 is 17.5 Å². The van der Waals surface area contributed by atoms with E-state index in [-0.39, 0.29) is 13.2 Å². The van der Waals surface area contributed by atoms with Crippen LogP contribution in [0.4, 0.5) is 0 Å². The van der Waals surface area contributed by atoms with Crippen molar-refractivity contribution in [2.75, 3.05) is 20.2 Å². The highest BCUT2D eigenvalue weighted by atomic mass is 16.5. The highest BCUT2D eigenvalue weighted by Gasteiger charge is 2.28. The molecule has 0 heterocycles. The molecule has 0 atom stereocenters. The lowest BCUT2D eigenvalue weighted by molar-refractivity contribution is -0.154. The average molecular weight is 203 g/mol. The molecule has 14 heavy (non-hydrogen) atoms. The minimum Gasteiger partial charge on any atom is -0.465 e. The number of rotatable bonds is 4. The van der Waals surface area contributed by atoms with Gasteiger partial charge in [-0.05, 0) is 20.8 Å². The number of carbonyl (C=O) groups is 2. The van der Waals surface area contributed by atoms with Crippen LogP contribution in [0, 0.1) is 0 Å². The largest absolute Gasteiger partial charge is 0.465 e. The fourth-order valence-electron chi connectivity index (χ4n) is 0.939. The van der Waals surface area contributed by atoms with Crippen molar-refractivity contribution in [2.45, 2.75) is 26.4 Å². The maximum absolute atomic E-state index is 11.4. The number of esters is 1. The van der Waals surface area contributed by atoms with Gasteiger partial charge in [0.2, 0.25) is 0 Å². The van der Waals surface area contributed by atoms with Gasteiger partial charge in [-0.2, -0.15) is 0 Å². The average Bonchev–Trinajstić information content (AvgIpc) is 2.01. The van der Waals surface area contributed by atoms with E-state index in [9.17, 15) is 14.7 Å². The monoisotopic (exact) mass is 203 g/mol. The van der Waals surface area contributed by atoms with Gasteiger partial charge in [0.15, 0.2) is 0 Å². The molecule has 0 aromatic heterocycles. The van der Waals surface area contributed by atoms with Crippen LogP contribution >= 0.6 is 0 Å². The van der Waals surface area contributed by atoms with Crippen LogP contribution in [-0.2, 0) is 14.3 Å². The van der Waals surface area contributed by atoms with Crippen molar-refractivity contribution in [1.29, 1.82) is 0 Å². The van der Waals surface area contributed by atoms with Gasteiger partial charge >= 0.3 is 5.97 Å². The Kier molecular flexibility index (Phi) is 4.56. The first kappa shape index (κ1) is 12.9. The Morgan fingerprint density at radius 3 is 2.29 bits per heavy atom. The normalized spacial score (nSPS) is 10.9. The molecule has 5 heteroatoms. The Bertz CT molecular complexity index is 219. The van der Waals surface area contributed by atoms with Gasteiger partial charge < -0.3 is 14.7 Å². The predicted molar refractivity (Wildman–Crippen MR) is 50.6 cm³/mol. The van der Waals surface area contributed by atoms with Crippen LogP contribution in [0.5, 0.6) is 0 Å². The lowest BCUT2D eigenvalue weighted by atomic mass is 10.1. The molecular weight excluding hydrogens is 186 g/mol.